The van der Waals surface area contributed by atoms with Crippen LogP contribution in [0, 0.1) is 0 Å². The van der Waals surface area contributed by atoms with E-state index in [1.807, 2.05) is 6.07 Å². The van der Waals surface area contributed by atoms with E-state index < -0.39 is 0 Å². The minimum atomic E-state index is 0.413. The molecule has 3 N–H and O–H groups in total. The third-order valence-electron chi connectivity index (χ3n) is 4.57. The number of nitrogens with two attached hydrogens (primary N) is 1. The van der Waals surface area contributed by atoms with Crippen molar-refractivity contribution in [1.29, 1.82) is 0 Å². The van der Waals surface area contributed by atoms with Gasteiger partial charge in [0.25, 0.3) is 0 Å². The van der Waals surface area contributed by atoms with Crippen LogP contribution in [0.15, 0.2) is 23.2 Å². The van der Waals surface area contributed by atoms with Gasteiger partial charge in [-0.05, 0) is 51.1 Å². The fourth-order valence-corrected chi connectivity index (χ4v) is 3.41. The lowest BCUT2D eigenvalue weighted by atomic mass is 9.94. The van der Waals surface area contributed by atoms with Gasteiger partial charge in [-0.3, -0.25) is 4.99 Å². The highest BCUT2D eigenvalue weighted by molar-refractivity contribution is 6.32. The molecule has 0 atom stereocenters. The topological polar surface area (TPSA) is 62.9 Å². The van der Waals surface area contributed by atoms with Crippen LogP contribution in [0.3, 0.4) is 0 Å². The molecule has 0 aromatic heterocycles. The molecule has 24 heavy (non-hydrogen) atoms. The molecule has 0 heterocycles. The van der Waals surface area contributed by atoms with Crippen molar-refractivity contribution in [2.75, 3.05) is 32.6 Å². The van der Waals surface area contributed by atoms with E-state index in [0.717, 1.165) is 31.2 Å². The van der Waals surface area contributed by atoms with E-state index in [1.54, 1.807) is 19.2 Å². The average molecular weight is 353 g/mol. The number of guanidine groups is 1. The summed E-state index contributed by atoms with van der Waals surface area (Å²) < 4.78 is 5.13. The van der Waals surface area contributed by atoms with Crippen LogP contribution >= 0.6 is 11.6 Å². The van der Waals surface area contributed by atoms with Crippen molar-refractivity contribution in [3.8, 4) is 5.75 Å². The first-order chi connectivity index (χ1) is 11.6. The van der Waals surface area contributed by atoms with Crippen LogP contribution < -0.4 is 15.8 Å². The number of rotatable bonds is 7. The fraction of sp³-hybridized carbons (Fsp3) is 0.611. The molecule has 134 valence electrons. The Morgan fingerprint density at radius 1 is 1.38 bits per heavy atom. The highest BCUT2D eigenvalue weighted by Crippen LogP contribution is 2.27. The van der Waals surface area contributed by atoms with Crippen LogP contribution in [-0.2, 0) is 0 Å². The summed E-state index contributed by atoms with van der Waals surface area (Å²) in [6.07, 6.45) is 7.82. The number of halogens is 1. The summed E-state index contributed by atoms with van der Waals surface area (Å²) in [5.41, 5.74) is 6.74. The van der Waals surface area contributed by atoms with Crippen molar-refractivity contribution in [3.63, 3.8) is 0 Å². The Bertz CT molecular complexity index is 544. The van der Waals surface area contributed by atoms with Crippen molar-refractivity contribution in [3.05, 3.63) is 23.2 Å². The lowest BCUT2D eigenvalue weighted by Crippen LogP contribution is -2.34. The van der Waals surface area contributed by atoms with Gasteiger partial charge in [0, 0.05) is 18.3 Å². The van der Waals surface area contributed by atoms with E-state index in [9.17, 15) is 0 Å². The van der Waals surface area contributed by atoms with Gasteiger partial charge in [0.2, 0.25) is 0 Å². The van der Waals surface area contributed by atoms with Crippen LogP contribution in [-0.4, -0.2) is 44.1 Å². The molecule has 1 saturated carbocycles. The van der Waals surface area contributed by atoms with E-state index >= 15 is 0 Å². The maximum atomic E-state index is 6.10. The number of methoxy groups -OCH3 is 1. The largest absolute Gasteiger partial charge is 0.495 e. The summed E-state index contributed by atoms with van der Waals surface area (Å²) in [6, 6.07) is 6.19. The highest BCUT2D eigenvalue weighted by atomic mass is 35.5. The van der Waals surface area contributed by atoms with E-state index in [1.165, 1.54) is 32.1 Å². The third kappa shape index (κ3) is 5.87. The van der Waals surface area contributed by atoms with Crippen molar-refractivity contribution in [2.45, 2.75) is 44.6 Å². The number of aliphatic imine (C=N–C) groups is 1. The second-order valence-electron chi connectivity index (χ2n) is 6.37. The average Bonchev–Trinajstić information content (AvgIpc) is 2.59. The first-order valence-corrected chi connectivity index (χ1v) is 9.08. The molecule has 0 radical (unpaired) electrons. The predicted molar refractivity (Wildman–Crippen MR) is 102 cm³/mol. The summed E-state index contributed by atoms with van der Waals surface area (Å²) in [5, 5.41) is 3.61. The lowest BCUT2D eigenvalue weighted by molar-refractivity contribution is 0.191. The lowest BCUT2D eigenvalue weighted by Gasteiger charge is -2.30. The maximum Gasteiger partial charge on any atom is 0.193 e. The zero-order chi connectivity index (χ0) is 17.4. The van der Waals surface area contributed by atoms with E-state index in [2.05, 4.69) is 22.3 Å². The van der Waals surface area contributed by atoms with Gasteiger partial charge >= 0.3 is 0 Å². The smallest absolute Gasteiger partial charge is 0.193 e. The number of nitrogens with zero attached hydrogens (tertiary/aromatic N) is 2. The Balaban J connectivity index is 1.72. The van der Waals surface area contributed by atoms with Crippen LogP contribution in [0.1, 0.15) is 38.5 Å². The van der Waals surface area contributed by atoms with E-state index in [0.29, 0.717) is 16.7 Å². The summed E-state index contributed by atoms with van der Waals surface area (Å²) in [7, 11) is 3.81. The van der Waals surface area contributed by atoms with Gasteiger partial charge in [-0.1, -0.05) is 30.9 Å². The zero-order valence-electron chi connectivity index (χ0n) is 14.7. The molecule has 1 aliphatic carbocycles. The summed E-state index contributed by atoms with van der Waals surface area (Å²) in [4.78, 5) is 6.86. The van der Waals surface area contributed by atoms with Gasteiger partial charge in [0.15, 0.2) is 5.96 Å². The minimum Gasteiger partial charge on any atom is -0.495 e. The maximum absolute atomic E-state index is 6.10. The summed E-state index contributed by atoms with van der Waals surface area (Å²) in [6.45, 7) is 1.79. The first kappa shape index (κ1) is 18.9. The van der Waals surface area contributed by atoms with E-state index in [-0.39, 0.29) is 0 Å². The van der Waals surface area contributed by atoms with Gasteiger partial charge in [-0.2, -0.15) is 0 Å². The number of anilines is 1. The molecule has 1 aromatic rings. The molecule has 5 nitrogen and oxygen atoms in total. The Hall–Kier alpha value is -1.46. The number of nitrogens with one attached hydrogen (secondary N) is 1. The number of benzene rings is 1. The predicted octanol–water partition coefficient (Wildman–Crippen LogP) is 3.73. The second kappa shape index (κ2) is 9.74. The molecule has 1 fully saturated rings. The minimum absolute atomic E-state index is 0.413. The first-order valence-electron chi connectivity index (χ1n) is 8.71. The van der Waals surface area contributed by atoms with Gasteiger partial charge in [-0.15, -0.1) is 0 Å². The Morgan fingerprint density at radius 3 is 2.79 bits per heavy atom. The molecule has 2 rings (SSSR count). The molecule has 0 amide bonds. The van der Waals surface area contributed by atoms with Crippen molar-refractivity contribution in [1.82, 2.24) is 4.90 Å². The molecular formula is C18H29ClN4O. The SMILES string of the molecule is COc1ccc(NC(N)=NCCCN(C)C2CCCCC2)cc1Cl. The number of ether oxygens (including phenoxy) is 1. The highest BCUT2D eigenvalue weighted by Gasteiger charge is 2.17. The standard InChI is InChI=1S/C18H29ClN4O/c1-23(15-7-4-3-5-8-15)12-6-11-21-18(20)22-14-9-10-17(24-2)16(19)13-14/h9-10,13,15H,3-8,11-12H2,1-2H3,(H3,20,21,22). The second-order valence-corrected chi connectivity index (χ2v) is 6.77. The fourth-order valence-electron chi connectivity index (χ4n) is 3.16. The third-order valence-corrected chi connectivity index (χ3v) is 4.87. The molecule has 0 bridgehead atoms. The molecule has 6 heteroatoms. The molecule has 1 aromatic carbocycles. The Kier molecular flexibility index (Phi) is 7.66. The molecule has 0 aliphatic heterocycles. The summed E-state index contributed by atoms with van der Waals surface area (Å²) in [5.74, 6) is 1.06. The quantitative estimate of drug-likeness (QED) is 0.446. The number of hydrogen-bond donors (Lipinski definition) is 2. The van der Waals surface area contributed by atoms with Crippen molar-refractivity contribution < 1.29 is 4.74 Å². The molecular weight excluding hydrogens is 324 g/mol. The van der Waals surface area contributed by atoms with Gasteiger partial charge in [0.1, 0.15) is 5.75 Å². The van der Waals surface area contributed by atoms with Crippen LogP contribution in [0.2, 0.25) is 5.02 Å². The monoisotopic (exact) mass is 352 g/mol. The Labute approximate surface area is 150 Å². The molecule has 0 spiro atoms. The van der Waals surface area contributed by atoms with Crippen molar-refractivity contribution >= 4 is 23.2 Å². The van der Waals surface area contributed by atoms with Gasteiger partial charge < -0.3 is 20.7 Å². The van der Waals surface area contributed by atoms with Gasteiger partial charge in [-0.25, -0.2) is 0 Å². The molecule has 0 saturated heterocycles. The Morgan fingerprint density at radius 2 is 2.12 bits per heavy atom. The normalized spacial score (nSPS) is 16.4. The van der Waals surface area contributed by atoms with E-state index in [4.69, 9.17) is 22.1 Å². The van der Waals surface area contributed by atoms with Crippen LogP contribution in [0.25, 0.3) is 0 Å². The van der Waals surface area contributed by atoms with Gasteiger partial charge in [0.05, 0.1) is 12.1 Å². The van der Waals surface area contributed by atoms with Crippen LogP contribution in [0.4, 0.5) is 5.69 Å². The van der Waals surface area contributed by atoms with Crippen LogP contribution in [0.5, 0.6) is 5.75 Å². The van der Waals surface area contributed by atoms with Crippen molar-refractivity contribution in [2.24, 2.45) is 10.7 Å². The number of hydrogen-bond acceptors (Lipinski definition) is 3. The molecule has 1 aliphatic rings. The molecule has 0 unspecified atom stereocenters. The summed E-state index contributed by atoms with van der Waals surface area (Å²) >= 11 is 6.10. The zero-order valence-corrected chi connectivity index (χ0v) is 15.5.